The highest BCUT2D eigenvalue weighted by Crippen LogP contribution is 2.26. The van der Waals surface area contributed by atoms with Crippen molar-refractivity contribution in [3.8, 4) is 5.75 Å². The van der Waals surface area contributed by atoms with Crippen molar-refractivity contribution in [3.05, 3.63) is 60.3 Å². The first-order valence-corrected chi connectivity index (χ1v) is 10.7. The lowest BCUT2D eigenvalue weighted by molar-refractivity contribution is 0.0952. The molecule has 1 aromatic heterocycles. The fourth-order valence-electron chi connectivity index (χ4n) is 3.11. The molecular weight excluding hydrogens is 390 g/mol. The van der Waals surface area contributed by atoms with Gasteiger partial charge in [0.25, 0.3) is 5.91 Å². The summed E-state index contributed by atoms with van der Waals surface area (Å²) in [6.07, 6.45) is 2.79. The summed E-state index contributed by atoms with van der Waals surface area (Å²) in [5.41, 5.74) is 1.44. The minimum atomic E-state index is -3.73. The molecule has 0 fully saturated rings. The van der Waals surface area contributed by atoms with E-state index in [2.05, 4.69) is 28.1 Å². The molecule has 2 aromatic carbocycles. The van der Waals surface area contributed by atoms with E-state index in [0.717, 1.165) is 22.8 Å². The van der Waals surface area contributed by atoms with E-state index in [1.807, 2.05) is 18.3 Å². The third-order valence-electron chi connectivity index (χ3n) is 4.73. The van der Waals surface area contributed by atoms with E-state index in [4.69, 9.17) is 4.74 Å². The van der Waals surface area contributed by atoms with Crippen LogP contribution in [0.3, 0.4) is 0 Å². The highest BCUT2D eigenvalue weighted by molar-refractivity contribution is 7.89. The number of nitrogens with zero attached hydrogens (tertiary/aromatic N) is 2. The molecule has 0 radical (unpaired) electrons. The molecule has 7 nitrogen and oxygen atoms in total. The predicted octanol–water partition coefficient (Wildman–Crippen LogP) is 2.72. The van der Waals surface area contributed by atoms with Crippen LogP contribution in [0.4, 0.5) is 0 Å². The maximum Gasteiger partial charge on any atom is 0.251 e. The molecule has 0 saturated heterocycles. The van der Waals surface area contributed by atoms with E-state index >= 15 is 0 Å². The first-order chi connectivity index (χ1) is 13.8. The van der Waals surface area contributed by atoms with Gasteiger partial charge in [-0.1, -0.05) is 18.2 Å². The van der Waals surface area contributed by atoms with E-state index in [-0.39, 0.29) is 22.1 Å². The molecule has 0 atom stereocenters. The number of hydrogen-bond acceptors (Lipinski definition) is 4. The number of ether oxygens (including phenoxy) is 1. The molecule has 1 N–H and O–H groups in total. The number of rotatable bonds is 8. The van der Waals surface area contributed by atoms with Gasteiger partial charge in [0.1, 0.15) is 10.6 Å². The molecule has 0 aliphatic rings. The molecule has 0 aliphatic heterocycles. The number of para-hydroxylation sites is 1. The number of aryl methyl sites for hydroxylation is 1. The molecular formula is C21H25N3O4S. The van der Waals surface area contributed by atoms with Crippen molar-refractivity contribution in [2.24, 2.45) is 0 Å². The highest BCUT2D eigenvalue weighted by Gasteiger charge is 2.23. The highest BCUT2D eigenvalue weighted by atomic mass is 32.2. The number of carbonyl (C=O) groups excluding carboxylic acids is 1. The van der Waals surface area contributed by atoms with Gasteiger partial charge in [0, 0.05) is 44.5 Å². The van der Waals surface area contributed by atoms with E-state index in [0.29, 0.717) is 6.54 Å². The Hall–Kier alpha value is -2.84. The molecule has 1 amide bonds. The number of benzene rings is 2. The van der Waals surface area contributed by atoms with Gasteiger partial charge in [-0.3, -0.25) is 4.79 Å². The number of methoxy groups -OCH3 is 1. The monoisotopic (exact) mass is 415 g/mol. The van der Waals surface area contributed by atoms with Gasteiger partial charge in [0.05, 0.1) is 7.11 Å². The van der Waals surface area contributed by atoms with Crippen LogP contribution in [0, 0.1) is 0 Å². The van der Waals surface area contributed by atoms with Crippen LogP contribution in [0.25, 0.3) is 10.9 Å². The maximum absolute atomic E-state index is 12.5. The Bertz CT molecular complexity index is 1120. The van der Waals surface area contributed by atoms with Gasteiger partial charge in [-0.2, -0.15) is 0 Å². The summed E-state index contributed by atoms with van der Waals surface area (Å²) < 4.78 is 33.4. The number of nitrogens with one attached hydrogen (secondary N) is 1. The summed E-state index contributed by atoms with van der Waals surface area (Å²) in [7, 11) is 0.545. The topological polar surface area (TPSA) is 80.6 Å². The molecule has 154 valence electrons. The molecule has 0 spiro atoms. The van der Waals surface area contributed by atoms with Crippen LogP contribution in [0.5, 0.6) is 5.75 Å². The van der Waals surface area contributed by atoms with Gasteiger partial charge in [0.15, 0.2) is 0 Å². The molecule has 3 aromatic rings. The van der Waals surface area contributed by atoms with E-state index in [9.17, 15) is 13.2 Å². The van der Waals surface area contributed by atoms with Gasteiger partial charge in [0.2, 0.25) is 10.0 Å². The number of amides is 1. The zero-order chi connectivity index (χ0) is 21.0. The van der Waals surface area contributed by atoms with Gasteiger partial charge in [-0.25, -0.2) is 12.7 Å². The SMILES string of the molecule is COc1ccc(C(=O)NCCCn2ccc3ccccc32)cc1S(=O)(=O)N(C)C. The average molecular weight is 416 g/mol. The zero-order valence-electron chi connectivity index (χ0n) is 16.8. The zero-order valence-corrected chi connectivity index (χ0v) is 17.6. The molecule has 0 unspecified atom stereocenters. The van der Waals surface area contributed by atoms with Crippen molar-refractivity contribution >= 4 is 26.8 Å². The van der Waals surface area contributed by atoms with Crippen molar-refractivity contribution in [1.29, 1.82) is 0 Å². The second-order valence-corrected chi connectivity index (χ2v) is 8.95. The minimum Gasteiger partial charge on any atom is -0.495 e. The molecule has 3 rings (SSSR count). The number of sulfonamides is 1. The second-order valence-electron chi connectivity index (χ2n) is 6.83. The van der Waals surface area contributed by atoms with Crippen LogP contribution in [0.15, 0.2) is 59.6 Å². The van der Waals surface area contributed by atoms with Gasteiger partial charge >= 0.3 is 0 Å². The Morgan fingerprint density at radius 1 is 1.14 bits per heavy atom. The number of fused-ring (bicyclic) bond motifs is 1. The van der Waals surface area contributed by atoms with Gasteiger partial charge in [-0.15, -0.1) is 0 Å². The summed E-state index contributed by atoms with van der Waals surface area (Å²) in [4.78, 5) is 12.5. The summed E-state index contributed by atoms with van der Waals surface area (Å²) in [5, 5.41) is 4.04. The number of aromatic nitrogens is 1. The Morgan fingerprint density at radius 2 is 1.90 bits per heavy atom. The average Bonchev–Trinajstić information content (AvgIpc) is 3.13. The molecule has 0 bridgehead atoms. The van der Waals surface area contributed by atoms with Gasteiger partial charge in [-0.05, 0) is 42.1 Å². The lowest BCUT2D eigenvalue weighted by atomic mass is 10.2. The standard InChI is InChI=1S/C21H25N3O4S/c1-23(2)29(26,27)20-15-17(9-10-19(20)28-3)21(25)22-12-6-13-24-14-11-16-7-4-5-8-18(16)24/h4-5,7-11,14-15H,6,12-13H2,1-3H3,(H,22,25). The smallest absolute Gasteiger partial charge is 0.251 e. The van der Waals surface area contributed by atoms with Crippen LogP contribution < -0.4 is 10.1 Å². The molecule has 1 heterocycles. The third kappa shape index (κ3) is 4.44. The van der Waals surface area contributed by atoms with Crippen molar-refractivity contribution < 1.29 is 17.9 Å². The first kappa shape index (κ1) is 20.9. The van der Waals surface area contributed by atoms with Crippen LogP contribution in [0.2, 0.25) is 0 Å². The fourth-order valence-corrected chi connectivity index (χ4v) is 4.18. The van der Waals surface area contributed by atoms with Crippen LogP contribution in [0.1, 0.15) is 16.8 Å². The molecule has 0 saturated carbocycles. The fraction of sp³-hybridized carbons (Fsp3) is 0.286. The molecule has 29 heavy (non-hydrogen) atoms. The molecule has 8 heteroatoms. The first-order valence-electron chi connectivity index (χ1n) is 9.27. The Kier molecular flexibility index (Phi) is 6.24. The Morgan fingerprint density at radius 3 is 2.62 bits per heavy atom. The van der Waals surface area contributed by atoms with Crippen LogP contribution in [-0.4, -0.2) is 50.9 Å². The summed E-state index contributed by atoms with van der Waals surface area (Å²) in [6.45, 7) is 1.25. The normalized spacial score (nSPS) is 11.7. The second kappa shape index (κ2) is 8.67. The van der Waals surface area contributed by atoms with E-state index in [1.54, 1.807) is 6.07 Å². The van der Waals surface area contributed by atoms with E-state index in [1.165, 1.54) is 38.7 Å². The lowest BCUT2D eigenvalue weighted by Crippen LogP contribution is -2.26. The maximum atomic E-state index is 12.5. The van der Waals surface area contributed by atoms with E-state index < -0.39 is 10.0 Å². The van der Waals surface area contributed by atoms with Crippen molar-refractivity contribution in [2.45, 2.75) is 17.9 Å². The molecule has 0 aliphatic carbocycles. The Balaban J connectivity index is 1.65. The largest absolute Gasteiger partial charge is 0.495 e. The van der Waals surface area contributed by atoms with Crippen LogP contribution in [-0.2, 0) is 16.6 Å². The lowest BCUT2D eigenvalue weighted by Gasteiger charge is -2.15. The summed E-state index contributed by atoms with van der Waals surface area (Å²) >= 11 is 0. The summed E-state index contributed by atoms with van der Waals surface area (Å²) in [5.74, 6) is -0.116. The quantitative estimate of drug-likeness (QED) is 0.574. The Labute approximate surface area is 170 Å². The van der Waals surface area contributed by atoms with Crippen molar-refractivity contribution in [3.63, 3.8) is 0 Å². The summed E-state index contributed by atoms with van der Waals surface area (Å²) in [6, 6.07) is 14.6. The van der Waals surface area contributed by atoms with Crippen molar-refractivity contribution in [2.75, 3.05) is 27.7 Å². The van der Waals surface area contributed by atoms with Gasteiger partial charge < -0.3 is 14.6 Å². The third-order valence-corrected chi connectivity index (χ3v) is 6.56. The number of carbonyl (C=O) groups is 1. The number of hydrogen-bond donors (Lipinski definition) is 1. The van der Waals surface area contributed by atoms with Crippen LogP contribution >= 0.6 is 0 Å². The minimum absolute atomic E-state index is 0.0311. The van der Waals surface area contributed by atoms with Crippen molar-refractivity contribution in [1.82, 2.24) is 14.2 Å². The predicted molar refractivity (Wildman–Crippen MR) is 113 cm³/mol.